The Balaban J connectivity index is 2.31. The molecule has 2 rings (SSSR count). The molecule has 0 aliphatic heterocycles. The molecule has 0 saturated carbocycles. The van der Waals surface area contributed by atoms with Crippen LogP contribution in [-0.2, 0) is 0 Å². The molecule has 1 heterocycles. The lowest BCUT2D eigenvalue weighted by Crippen LogP contribution is -1.94. The van der Waals surface area contributed by atoms with Gasteiger partial charge in [-0.1, -0.05) is 33.3 Å². The van der Waals surface area contributed by atoms with Crippen molar-refractivity contribution in [1.29, 1.82) is 0 Å². The SMILES string of the molecule is CCNc1ncc(-c2ccc(Br)c(C)c2)s1. The van der Waals surface area contributed by atoms with E-state index in [-0.39, 0.29) is 0 Å². The van der Waals surface area contributed by atoms with Crippen molar-refractivity contribution in [3.63, 3.8) is 0 Å². The van der Waals surface area contributed by atoms with Crippen molar-refractivity contribution in [2.24, 2.45) is 0 Å². The molecule has 84 valence electrons. The molecule has 1 aromatic heterocycles. The fourth-order valence-corrected chi connectivity index (χ4v) is 2.57. The smallest absolute Gasteiger partial charge is 0.183 e. The van der Waals surface area contributed by atoms with Gasteiger partial charge in [-0.2, -0.15) is 0 Å². The Morgan fingerprint density at radius 1 is 1.44 bits per heavy atom. The molecule has 0 aliphatic rings. The zero-order valence-corrected chi connectivity index (χ0v) is 11.7. The van der Waals surface area contributed by atoms with E-state index in [1.165, 1.54) is 16.0 Å². The summed E-state index contributed by atoms with van der Waals surface area (Å²) in [5.74, 6) is 0. The Kier molecular flexibility index (Phi) is 3.61. The van der Waals surface area contributed by atoms with Gasteiger partial charge in [0.15, 0.2) is 5.13 Å². The van der Waals surface area contributed by atoms with Crippen molar-refractivity contribution < 1.29 is 0 Å². The molecule has 2 nitrogen and oxygen atoms in total. The van der Waals surface area contributed by atoms with Crippen LogP contribution in [0.5, 0.6) is 0 Å². The molecule has 0 spiro atoms. The molecule has 4 heteroatoms. The van der Waals surface area contributed by atoms with Crippen LogP contribution in [0, 0.1) is 6.92 Å². The van der Waals surface area contributed by atoms with Crippen LogP contribution >= 0.6 is 27.3 Å². The molecule has 0 unspecified atom stereocenters. The van der Waals surface area contributed by atoms with E-state index < -0.39 is 0 Å². The molecule has 0 radical (unpaired) electrons. The number of aryl methyl sites for hydroxylation is 1. The van der Waals surface area contributed by atoms with Crippen LogP contribution in [-0.4, -0.2) is 11.5 Å². The summed E-state index contributed by atoms with van der Waals surface area (Å²) in [6.45, 7) is 5.08. The summed E-state index contributed by atoms with van der Waals surface area (Å²) in [4.78, 5) is 5.53. The summed E-state index contributed by atoms with van der Waals surface area (Å²) < 4.78 is 1.15. The zero-order chi connectivity index (χ0) is 11.5. The van der Waals surface area contributed by atoms with E-state index in [1.807, 2.05) is 6.20 Å². The van der Waals surface area contributed by atoms with E-state index in [9.17, 15) is 0 Å². The average Bonchev–Trinajstić information content (AvgIpc) is 2.71. The molecule has 0 fully saturated rings. The number of rotatable bonds is 3. The zero-order valence-electron chi connectivity index (χ0n) is 9.25. The summed E-state index contributed by atoms with van der Waals surface area (Å²) >= 11 is 5.19. The summed E-state index contributed by atoms with van der Waals surface area (Å²) in [7, 11) is 0. The third-order valence-electron chi connectivity index (χ3n) is 2.28. The Bertz CT molecular complexity index is 494. The quantitative estimate of drug-likeness (QED) is 0.913. The van der Waals surface area contributed by atoms with Gasteiger partial charge < -0.3 is 5.32 Å². The first-order valence-electron chi connectivity index (χ1n) is 5.17. The van der Waals surface area contributed by atoms with Crippen LogP contribution in [0.15, 0.2) is 28.9 Å². The molecule has 1 aromatic carbocycles. The highest BCUT2D eigenvalue weighted by Gasteiger charge is 2.04. The lowest BCUT2D eigenvalue weighted by atomic mass is 10.1. The third kappa shape index (κ3) is 2.44. The van der Waals surface area contributed by atoms with Gasteiger partial charge in [0.1, 0.15) is 0 Å². The van der Waals surface area contributed by atoms with Gasteiger partial charge in [0.2, 0.25) is 0 Å². The first-order chi connectivity index (χ1) is 7.70. The molecular formula is C12H13BrN2S. The third-order valence-corrected chi connectivity index (χ3v) is 4.17. The van der Waals surface area contributed by atoms with Crippen LogP contribution in [0.4, 0.5) is 5.13 Å². The molecule has 0 atom stereocenters. The number of benzene rings is 1. The standard InChI is InChI=1S/C12H13BrN2S/c1-3-14-12-15-7-11(16-12)9-4-5-10(13)8(2)6-9/h4-7H,3H2,1-2H3,(H,14,15). The molecule has 2 aromatic rings. The van der Waals surface area contributed by atoms with E-state index >= 15 is 0 Å². The number of nitrogens with zero attached hydrogens (tertiary/aromatic N) is 1. The fraction of sp³-hybridized carbons (Fsp3) is 0.250. The van der Waals surface area contributed by atoms with Crippen molar-refractivity contribution >= 4 is 32.4 Å². The second-order valence-electron chi connectivity index (χ2n) is 3.52. The second kappa shape index (κ2) is 4.97. The number of hydrogen-bond acceptors (Lipinski definition) is 3. The van der Waals surface area contributed by atoms with Gasteiger partial charge >= 0.3 is 0 Å². The first-order valence-corrected chi connectivity index (χ1v) is 6.78. The van der Waals surface area contributed by atoms with Gasteiger partial charge in [0.05, 0.1) is 4.88 Å². The lowest BCUT2D eigenvalue weighted by Gasteiger charge is -2.01. The summed E-state index contributed by atoms with van der Waals surface area (Å²) in [6, 6.07) is 6.37. The van der Waals surface area contributed by atoms with Crippen LogP contribution in [0.3, 0.4) is 0 Å². The van der Waals surface area contributed by atoms with Crippen LogP contribution in [0.25, 0.3) is 10.4 Å². The molecule has 0 bridgehead atoms. The first kappa shape index (κ1) is 11.6. The Morgan fingerprint density at radius 2 is 2.25 bits per heavy atom. The van der Waals surface area contributed by atoms with Gasteiger partial charge in [-0.3, -0.25) is 0 Å². The molecule has 0 saturated heterocycles. The normalized spacial score (nSPS) is 10.4. The maximum Gasteiger partial charge on any atom is 0.183 e. The van der Waals surface area contributed by atoms with E-state index in [1.54, 1.807) is 11.3 Å². The van der Waals surface area contributed by atoms with E-state index in [2.05, 4.69) is 58.3 Å². The molecular weight excluding hydrogens is 284 g/mol. The van der Waals surface area contributed by atoms with E-state index in [4.69, 9.17) is 0 Å². The lowest BCUT2D eigenvalue weighted by molar-refractivity contribution is 1.19. The van der Waals surface area contributed by atoms with Gasteiger partial charge in [0.25, 0.3) is 0 Å². The molecule has 1 N–H and O–H groups in total. The number of aromatic nitrogens is 1. The summed E-state index contributed by atoms with van der Waals surface area (Å²) in [5, 5.41) is 4.21. The second-order valence-corrected chi connectivity index (χ2v) is 5.41. The predicted molar refractivity (Wildman–Crippen MR) is 74.2 cm³/mol. The number of hydrogen-bond donors (Lipinski definition) is 1. The van der Waals surface area contributed by atoms with Gasteiger partial charge in [0, 0.05) is 17.2 Å². The Labute approximate surface area is 108 Å². The van der Waals surface area contributed by atoms with Crippen LogP contribution < -0.4 is 5.32 Å². The topological polar surface area (TPSA) is 24.9 Å². The monoisotopic (exact) mass is 296 g/mol. The van der Waals surface area contributed by atoms with E-state index in [0.717, 1.165) is 16.1 Å². The number of halogens is 1. The average molecular weight is 297 g/mol. The minimum Gasteiger partial charge on any atom is -0.362 e. The van der Waals surface area contributed by atoms with Crippen LogP contribution in [0.2, 0.25) is 0 Å². The number of thiazole rings is 1. The minimum absolute atomic E-state index is 0.909. The molecule has 16 heavy (non-hydrogen) atoms. The molecule has 0 amide bonds. The van der Waals surface area contributed by atoms with E-state index in [0.29, 0.717) is 0 Å². The predicted octanol–water partition coefficient (Wildman–Crippen LogP) is 4.31. The van der Waals surface area contributed by atoms with Crippen molar-refractivity contribution in [1.82, 2.24) is 4.98 Å². The van der Waals surface area contributed by atoms with Crippen LogP contribution in [0.1, 0.15) is 12.5 Å². The maximum atomic E-state index is 4.33. The number of nitrogens with one attached hydrogen (secondary N) is 1. The Morgan fingerprint density at radius 3 is 2.94 bits per heavy atom. The summed E-state index contributed by atoms with van der Waals surface area (Å²) in [6.07, 6.45) is 1.92. The highest BCUT2D eigenvalue weighted by Crippen LogP contribution is 2.31. The van der Waals surface area contributed by atoms with Gasteiger partial charge in [-0.15, -0.1) is 0 Å². The van der Waals surface area contributed by atoms with Gasteiger partial charge in [-0.25, -0.2) is 4.98 Å². The Hall–Kier alpha value is -0.870. The van der Waals surface area contributed by atoms with Crippen molar-refractivity contribution in [3.8, 4) is 10.4 Å². The van der Waals surface area contributed by atoms with Crippen molar-refractivity contribution in [3.05, 3.63) is 34.4 Å². The highest BCUT2D eigenvalue weighted by molar-refractivity contribution is 9.10. The minimum atomic E-state index is 0.909. The van der Waals surface area contributed by atoms with Crippen molar-refractivity contribution in [2.75, 3.05) is 11.9 Å². The highest BCUT2D eigenvalue weighted by atomic mass is 79.9. The summed E-state index contributed by atoms with van der Waals surface area (Å²) in [5.41, 5.74) is 2.47. The maximum absolute atomic E-state index is 4.33. The largest absolute Gasteiger partial charge is 0.362 e. The fourth-order valence-electron chi connectivity index (χ4n) is 1.44. The number of anilines is 1. The van der Waals surface area contributed by atoms with Crippen molar-refractivity contribution in [2.45, 2.75) is 13.8 Å². The molecule has 0 aliphatic carbocycles. The van der Waals surface area contributed by atoms with Gasteiger partial charge in [-0.05, 0) is 37.1 Å².